The lowest BCUT2D eigenvalue weighted by Gasteiger charge is -2.33. The summed E-state index contributed by atoms with van der Waals surface area (Å²) in [4.78, 5) is 13.2. The maximum absolute atomic E-state index is 11.5. The fourth-order valence-corrected chi connectivity index (χ4v) is 1.42. The Morgan fingerprint density at radius 3 is 3.08 bits per heavy atom. The summed E-state index contributed by atoms with van der Waals surface area (Å²) in [5, 5.41) is 2.71. The van der Waals surface area contributed by atoms with Gasteiger partial charge in [0, 0.05) is 5.69 Å². The summed E-state index contributed by atoms with van der Waals surface area (Å²) >= 11 is 0. The Kier molecular flexibility index (Phi) is 1.51. The van der Waals surface area contributed by atoms with Crippen molar-refractivity contribution in [2.24, 2.45) is 0 Å². The minimum atomic E-state index is -1.23. The minimum Gasteiger partial charge on any atom is -0.410 e. The third-order valence-corrected chi connectivity index (χ3v) is 2.35. The third kappa shape index (κ3) is 1.18. The molecule has 1 amide bonds. The maximum atomic E-state index is 11.5. The molecule has 1 aliphatic rings. The summed E-state index contributed by atoms with van der Waals surface area (Å²) in [7, 11) is 1.75. The molecule has 1 aromatic carbocycles. The fraction of sp³-hybridized carbons (Fsp3) is 0.222. The molecular weight excluding hydrogens is 163 g/mol. The molecule has 0 aliphatic carbocycles. The summed E-state index contributed by atoms with van der Waals surface area (Å²) in [6.45, 7) is 1.58. The van der Waals surface area contributed by atoms with Crippen LogP contribution in [0.2, 0.25) is 0 Å². The van der Waals surface area contributed by atoms with Gasteiger partial charge in [-0.05, 0) is 19.1 Å². The van der Waals surface area contributed by atoms with Crippen molar-refractivity contribution in [3.63, 3.8) is 0 Å². The zero-order valence-corrected chi connectivity index (χ0v) is 7.66. The van der Waals surface area contributed by atoms with Gasteiger partial charge in [-0.25, -0.2) is 0 Å². The van der Waals surface area contributed by atoms with E-state index in [0.29, 0.717) is 0 Å². The lowest BCUT2D eigenvalue weighted by atomic mass is 10.1. The number of amides is 1. The Labute approximate surface area is 79.6 Å². The number of para-hydroxylation sites is 2. The zero-order valence-electron chi connectivity index (χ0n) is 8.66. The van der Waals surface area contributed by atoms with E-state index in [-0.39, 0.29) is 5.91 Å². The first-order chi connectivity index (χ1) is 6.53. The quantitative estimate of drug-likeness (QED) is 0.578. The molecule has 0 saturated carbocycles. The van der Waals surface area contributed by atoms with Crippen LogP contribution in [0.15, 0.2) is 24.3 Å². The predicted molar refractivity (Wildman–Crippen MR) is 55.6 cm³/mol. The number of nitrogens with one attached hydrogen (secondary N) is 1. The standard InChI is InChI=1S/C9H11BN2O/c1-6-9(13)11-7-4-2-3-5-8(7)12(6)10/h2-6H,10H2,1H3,(H,11,13)/t6-/m0/s1/i6D. The highest BCUT2D eigenvalue weighted by Crippen LogP contribution is 2.29. The highest BCUT2D eigenvalue weighted by Gasteiger charge is 2.25. The summed E-state index contributed by atoms with van der Waals surface area (Å²) < 4.78 is 7.88. The van der Waals surface area contributed by atoms with Gasteiger partial charge in [0.05, 0.1) is 13.1 Å². The Morgan fingerprint density at radius 2 is 2.31 bits per heavy atom. The first-order valence-corrected chi connectivity index (χ1v) is 4.18. The van der Waals surface area contributed by atoms with Gasteiger partial charge in [-0.2, -0.15) is 0 Å². The molecule has 66 valence electrons. The topological polar surface area (TPSA) is 32.3 Å². The summed E-state index contributed by atoms with van der Waals surface area (Å²) in [6.07, 6.45) is 0. The first kappa shape index (κ1) is 7.01. The van der Waals surface area contributed by atoms with Gasteiger partial charge in [0.15, 0.2) is 0 Å². The molecular formula is C9H11BN2O. The van der Waals surface area contributed by atoms with Crippen molar-refractivity contribution in [1.82, 2.24) is 0 Å². The highest BCUT2D eigenvalue weighted by molar-refractivity contribution is 6.24. The minimum absolute atomic E-state index is 0.293. The van der Waals surface area contributed by atoms with Crippen molar-refractivity contribution < 1.29 is 6.17 Å². The van der Waals surface area contributed by atoms with E-state index in [1.165, 1.54) is 0 Å². The number of carbonyl (C=O) groups excluding carboxylic acids is 1. The van der Waals surface area contributed by atoms with E-state index in [0.717, 1.165) is 11.4 Å². The molecule has 1 aliphatic heterocycles. The van der Waals surface area contributed by atoms with Crippen LogP contribution < -0.4 is 10.1 Å². The number of hydrogen-bond donors (Lipinski definition) is 1. The van der Waals surface area contributed by atoms with Crippen molar-refractivity contribution >= 4 is 25.3 Å². The second-order valence-electron chi connectivity index (χ2n) is 3.12. The molecule has 2 rings (SSSR count). The van der Waals surface area contributed by atoms with Crippen LogP contribution >= 0.6 is 0 Å². The van der Waals surface area contributed by atoms with Gasteiger partial charge in [0.1, 0.15) is 0 Å². The molecule has 1 N–H and O–H groups in total. The molecule has 0 radical (unpaired) electrons. The smallest absolute Gasteiger partial charge is 0.245 e. The van der Waals surface area contributed by atoms with Gasteiger partial charge >= 0.3 is 0 Å². The van der Waals surface area contributed by atoms with E-state index in [2.05, 4.69) is 5.32 Å². The number of hydrogen-bond acceptors (Lipinski definition) is 2. The average Bonchev–Trinajstić information content (AvgIpc) is 2.15. The fourth-order valence-electron chi connectivity index (χ4n) is 1.42. The average molecular weight is 175 g/mol. The molecule has 4 heteroatoms. The van der Waals surface area contributed by atoms with Crippen molar-refractivity contribution in [1.29, 1.82) is 0 Å². The van der Waals surface area contributed by atoms with Crippen LogP contribution in [0.3, 0.4) is 0 Å². The summed E-state index contributed by atoms with van der Waals surface area (Å²) in [5.41, 5.74) is 1.65. The van der Waals surface area contributed by atoms with E-state index in [1.807, 2.05) is 24.3 Å². The van der Waals surface area contributed by atoms with Crippen molar-refractivity contribution in [2.45, 2.75) is 12.9 Å². The first-order valence-electron chi connectivity index (χ1n) is 4.68. The maximum Gasteiger partial charge on any atom is 0.245 e. The van der Waals surface area contributed by atoms with E-state index in [1.54, 1.807) is 19.7 Å². The van der Waals surface area contributed by atoms with Gasteiger partial charge < -0.3 is 10.1 Å². The van der Waals surface area contributed by atoms with Crippen LogP contribution in [-0.4, -0.2) is 19.9 Å². The van der Waals surface area contributed by atoms with Crippen molar-refractivity contribution in [3.05, 3.63) is 24.3 Å². The van der Waals surface area contributed by atoms with Gasteiger partial charge in [0.2, 0.25) is 13.9 Å². The molecule has 0 fully saturated rings. The molecule has 13 heavy (non-hydrogen) atoms. The Morgan fingerprint density at radius 1 is 1.62 bits per heavy atom. The van der Waals surface area contributed by atoms with Crippen molar-refractivity contribution in [3.8, 4) is 0 Å². The zero-order chi connectivity index (χ0) is 10.3. The molecule has 1 heterocycles. The van der Waals surface area contributed by atoms with Gasteiger partial charge in [-0.1, -0.05) is 12.1 Å². The molecule has 1 aromatic rings. The SMILES string of the molecule is [2H][C@]1(C)C(=O)Nc2ccccc2N1B. The molecule has 0 spiro atoms. The van der Waals surface area contributed by atoms with Crippen LogP contribution in [-0.2, 0) is 4.79 Å². The third-order valence-electron chi connectivity index (χ3n) is 2.35. The number of nitrogens with zero attached hydrogens (tertiary/aromatic N) is 1. The largest absolute Gasteiger partial charge is 0.410 e. The molecule has 0 unspecified atom stereocenters. The van der Waals surface area contributed by atoms with Crippen LogP contribution in [0.1, 0.15) is 8.29 Å². The molecule has 3 nitrogen and oxygen atoms in total. The Balaban J connectivity index is 2.55. The van der Waals surface area contributed by atoms with Crippen molar-refractivity contribution in [2.75, 3.05) is 10.1 Å². The van der Waals surface area contributed by atoms with Crippen LogP contribution in [0.5, 0.6) is 0 Å². The van der Waals surface area contributed by atoms with E-state index in [4.69, 9.17) is 1.37 Å². The Bertz CT molecular complexity index is 394. The highest BCUT2D eigenvalue weighted by atomic mass is 16.2. The number of anilines is 2. The van der Waals surface area contributed by atoms with E-state index < -0.39 is 6.02 Å². The van der Waals surface area contributed by atoms with Crippen LogP contribution in [0.4, 0.5) is 11.4 Å². The molecule has 0 bridgehead atoms. The molecule has 0 saturated heterocycles. The van der Waals surface area contributed by atoms with Gasteiger partial charge in [-0.15, -0.1) is 0 Å². The number of carbonyl (C=O) groups is 1. The van der Waals surface area contributed by atoms with Gasteiger partial charge in [-0.3, -0.25) is 4.79 Å². The van der Waals surface area contributed by atoms with E-state index in [9.17, 15) is 4.79 Å². The summed E-state index contributed by atoms with van der Waals surface area (Å²) in [6, 6.07) is 6.25. The number of rotatable bonds is 0. The number of benzene rings is 1. The number of fused-ring (bicyclic) bond motifs is 1. The molecule has 0 aromatic heterocycles. The second kappa shape index (κ2) is 2.80. The monoisotopic (exact) mass is 175 g/mol. The lowest BCUT2D eigenvalue weighted by molar-refractivity contribution is -0.117. The van der Waals surface area contributed by atoms with Gasteiger partial charge in [0.25, 0.3) is 0 Å². The van der Waals surface area contributed by atoms with E-state index >= 15 is 0 Å². The molecule has 1 atom stereocenters. The lowest BCUT2D eigenvalue weighted by Crippen LogP contribution is -2.44. The predicted octanol–water partition coefficient (Wildman–Crippen LogP) is 0.382. The second-order valence-corrected chi connectivity index (χ2v) is 3.12. The Hall–Kier alpha value is -1.45. The van der Waals surface area contributed by atoms with Crippen LogP contribution in [0, 0.1) is 0 Å². The summed E-state index contributed by atoms with van der Waals surface area (Å²) in [5.74, 6) is -0.293. The normalized spacial score (nSPS) is 27.6. The van der Waals surface area contributed by atoms with Crippen LogP contribution in [0.25, 0.3) is 0 Å².